The Kier molecular flexibility index (Phi) is 5.28. The Labute approximate surface area is 176 Å². The number of amides is 1. The fraction of sp³-hybridized carbons (Fsp3) is 0.200. The number of fused-ring (bicyclic) bond motifs is 1. The predicted octanol–water partition coefficient (Wildman–Crippen LogP) is 3.70. The third-order valence-electron chi connectivity index (χ3n) is 4.90. The van der Waals surface area contributed by atoms with Crippen LogP contribution in [0.2, 0.25) is 5.02 Å². The van der Waals surface area contributed by atoms with Crippen LogP contribution in [0, 0.1) is 10.1 Å². The molecule has 0 spiro atoms. The van der Waals surface area contributed by atoms with Gasteiger partial charge in [0, 0.05) is 60.5 Å². The van der Waals surface area contributed by atoms with E-state index in [1.807, 2.05) is 18.2 Å². The second-order valence-electron chi connectivity index (χ2n) is 6.82. The largest absolute Gasteiger partial charge is 0.415 e. The zero-order valence-electron chi connectivity index (χ0n) is 15.8. The molecule has 0 bridgehead atoms. The molecule has 1 aliphatic heterocycles. The molecule has 154 valence electrons. The molecule has 2 aromatic carbocycles. The molecule has 1 fully saturated rings. The number of pyridine rings is 1. The third kappa shape index (κ3) is 4.06. The highest BCUT2D eigenvalue weighted by Crippen LogP contribution is 2.30. The molecule has 4 rings (SSSR count). The monoisotopic (exact) mass is 427 g/mol. The number of carbonyl (C=O) groups excluding carboxylic acids is 1. The smallest absolute Gasteiger partial charge is 0.410 e. The number of hydrogen-bond donors (Lipinski definition) is 1. The maximum Gasteiger partial charge on any atom is 0.415 e. The second kappa shape index (κ2) is 8.03. The number of halogens is 1. The van der Waals surface area contributed by atoms with Gasteiger partial charge >= 0.3 is 6.09 Å². The fourth-order valence-electron chi connectivity index (χ4n) is 3.40. The van der Waals surface area contributed by atoms with Gasteiger partial charge in [-0.2, -0.15) is 0 Å². The van der Waals surface area contributed by atoms with Crippen LogP contribution in [0.4, 0.5) is 22.0 Å². The van der Waals surface area contributed by atoms with Gasteiger partial charge in [-0.1, -0.05) is 11.6 Å². The number of nitrogens with two attached hydrogens (primary N) is 1. The lowest BCUT2D eigenvalue weighted by molar-refractivity contribution is -0.384. The Bertz CT molecular complexity index is 1110. The van der Waals surface area contributed by atoms with Gasteiger partial charge in [0.05, 0.1) is 10.4 Å². The molecule has 9 nitrogen and oxygen atoms in total. The highest BCUT2D eigenvalue weighted by atomic mass is 35.5. The average molecular weight is 428 g/mol. The summed E-state index contributed by atoms with van der Waals surface area (Å²) in [5.74, 6) is 0.664. The predicted molar refractivity (Wildman–Crippen MR) is 114 cm³/mol. The second-order valence-corrected chi connectivity index (χ2v) is 7.26. The van der Waals surface area contributed by atoms with Gasteiger partial charge in [0.2, 0.25) is 0 Å². The van der Waals surface area contributed by atoms with E-state index in [0.29, 0.717) is 37.0 Å². The lowest BCUT2D eigenvalue weighted by Crippen LogP contribution is -2.49. The number of hydrogen-bond acceptors (Lipinski definition) is 7. The van der Waals surface area contributed by atoms with E-state index in [1.54, 1.807) is 11.0 Å². The van der Waals surface area contributed by atoms with Gasteiger partial charge in [-0.05, 0) is 30.3 Å². The van der Waals surface area contributed by atoms with Crippen molar-refractivity contribution in [1.82, 2.24) is 9.88 Å². The standard InChI is InChI=1S/C20H18ClN5O4/c21-13-1-6-16-17(11-13)23-19(22)12-18(16)24-7-9-25(10-8-24)20(27)30-15-4-2-14(3-5-15)26(28)29/h1-6,11-12H,7-10H2,(H2,22,23). The number of piperazine rings is 1. The summed E-state index contributed by atoms with van der Waals surface area (Å²) in [5.41, 5.74) is 7.57. The van der Waals surface area contributed by atoms with Crippen LogP contribution >= 0.6 is 11.6 Å². The summed E-state index contributed by atoms with van der Waals surface area (Å²) < 4.78 is 5.33. The van der Waals surface area contributed by atoms with E-state index in [1.165, 1.54) is 24.3 Å². The lowest BCUT2D eigenvalue weighted by Gasteiger charge is -2.36. The number of nitrogens with zero attached hydrogens (tertiary/aromatic N) is 4. The summed E-state index contributed by atoms with van der Waals surface area (Å²) in [4.78, 5) is 30.7. The summed E-state index contributed by atoms with van der Waals surface area (Å²) in [6.45, 7) is 2.11. The number of anilines is 2. The number of rotatable bonds is 3. The van der Waals surface area contributed by atoms with Crippen molar-refractivity contribution in [3.63, 3.8) is 0 Å². The van der Waals surface area contributed by atoms with Gasteiger partial charge < -0.3 is 20.3 Å². The molecule has 30 heavy (non-hydrogen) atoms. The van der Waals surface area contributed by atoms with Crippen molar-refractivity contribution in [2.24, 2.45) is 0 Å². The number of nitro groups is 1. The molecule has 0 aliphatic carbocycles. The molecule has 0 saturated carbocycles. The molecule has 0 radical (unpaired) electrons. The Balaban J connectivity index is 1.43. The molecule has 3 aromatic rings. The highest BCUT2D eigenvalue weighted by Gasteiger charge is 2.24. The van der Waals surface area contributed by atoms with Gasteiger partial charge in [-0.3, -0.25) is 10.1 Å². The maximum absolute atomic E-state index is 12.4. The Morgan fingerprint density at radius 1 is 1.10 bits per heavy atom. The summed E-state index contributed by atoms with van der Waals surface area (Å²) in [5, 5.41) is 12.2. The highest BCUT2D eigenvalue weighted by molar-refractivity contribution is 6.31. The number of carbonyl (C=O) groups is 1. The van der Waals surface area contributed by atoms with Crippen molar-refractivity contribution < 1.29 is 14.5 Å². The van der Waals surface area contributed by atoms with Crippen molar-refractivity contribution in [2.45, 2.75) is 0 Å². The van der Waals surface area contributed by atoms with Gasteiger partial charge in [0.15, 0.2) is 0 Å². The molecular formula is C20H18ClN5O4. The summed E-state index contributed by atoms with van der Waals surface area (Å²) in [6.07, 6.45) is -0.491. The van der Waals surface area contributed by atoms with Crippen LogP contribution in [0.5, 0.6) is 5.75 Å². The van der Waals surface area contributed by atoms with Crippen LogP contribution in [0.3, 0.4) is 0 Å². The Morgan fingerprint density at radius 2 is 1.80 bits per heavy atom. The van der Waals surface area contributed by atoms with Crippen molar-refractivity contribution in [2.75, 3.05) is 36.8 Å². The molecule has 0 atom stereocenters. The van der Waals surface area contributed by atoms with Gasteiger partial charge in [-0.25, -0.2) is 9.78 Å². The minimum atomic E-state index is -0.506. The van der Waals surface area contributed by atoms with E-state index in [9.17, 15) is 14.9 Å². The van der Waals surface area contributed by atoms with Crippen LogP contribution in [-0.4, -0.2) is 47.1 Å². The number of nitro benzene ring substituents is 1. The molecule has 0 unspecified atom stereocenters. The van der Waals surface area contributed by atoms with Crippen LogP contribution in [0.25, 0.3) is 10.9 Å². The summed E-state index contributed by atoms with van der Waals surface area (Å²) in [6, 6.07) is 12.7. The molecule has 1 amide bonds. The van der Waals surface area contributed by atoms with Crippen molar-refractivity contribution in [1.29, 1.82) is 0 Å². The van der Waals surface area contributed by atoms with Crippen molar-refractivity contribution in [3.05, 3.63) is 63.7 Å². The molecule has 2 N–H and O–H groups in total. The number of aromatic nitrogens is 1. The van der Waals surface area contributed by atoms with Crippen LogP contribution < -0.4 is 15.4 Å². The first-order valence-corrected chi connectivity index (χ1v) is 9.60. The quantitative estimate of drug-likeness (QED) is 0.500. The minimum absolute atomic E-state index is 0.0615. The minimum Gasteiger partial charge on any atom is -0.410 e. The maximum atomic E-state index is 12.4. The van der Waals surface area contributed by atoms with E-state index in [4.69, 9.17) is 22.1 Å². The first-order chi connectivity index (χ1) is 14.4. The lowest BCUT2D eigenvalue weighted by atomic mass is 10.1. The topological polar surface area (TPSA) is 115 Å². The van der Waals surface area contributed by atoms with Crippen molar-refractivity contribution in [3.8, 4) is 5.75 Å². The number of benzene rings is 2. The Morgan fingerprint density at radius 3 is 2.47 bits per heavy atom. The summed E-state index contributed by atoms with van der Waals surface area (Å²) >= 11 is 6.07. The third-order valence-corrected chi connectivity index (χ3v) is 5.14. The van der Waals surface area contributed by atoms with E-state index < -0.39 is 11.0 Å². The normalized spacial score (nSPS) is 14.0. The molecule has 2 heterocycles. The zero-order chi connectivity index (χ0) is 21.3. The SMILES string of the molecule is Nc1cc(N2CCN(C(=O)Oc3ccc([N+](=O)[O-])cc3)CC2)c2ccc(Cl)cc2n1. The zero-order valence-corrected chi connectivity index (χ0v) is 16.6. The number of nitrogen functional groups attached to an aromatic ring is 1. The Hall–Kier alpha value is -3.59. The van der Waals surface area contributed by atoms with E-state index in [2.05, 4.69) is 9.88 Å². The van der Waals surface area contributed by atoms with E-state index in [0.717, 1.165) is 16.6 Å². The first-order valence-electron chi connectivity index (χ1n) is 9.22. The molecule has 10 heteroatoms. The number of ether oxygens (including phenoxy) is 1. The van der Waals surface area contributed by atoms with E-state index >= 15 is 0 Å². The summed E-state index contributed by atoms with van der Waals surface area (Å²) in [7, 11) is 0. The van der Waals surface area contributed by atoms with Gasteiger partial charge in [0.25, 0.3) is 5.69 Å². The van der Waals surface area contributed by atoms with Crippen LogP contribution in [-0.2, 0) is 0 Å². The first kappa shape index (κ1) is 19.7. The van der Waals surface area contributed by atoms with Crippen molar-refractivity contribution >= 4 is 45.8 Å². The molecular weight excluding hydrogens is 410 g/mol. The average Bonchev–Trinajstić information content (AvgIpc) is 2.73. The van der Waals surface area contributed by atoms with Gasteiger partial charge in [0.1, 0.15) is 11.6 Å². The molecule has 1 aromatic heterocycles. The van der Waals surface area contributed by atoms with E-state index in [-0.39, 0.29) is 11.4 Å². The fourth-order valence-corrected chi connectivity index (χ4v) is 3.56. The molecule has 1 saturated heterocycles. The number of non-ortho nitro benzene ring substituents is 1. The van der Waals surface area contributed by atoms with Gasteiger partial charge in [-0.15, -0.1) is 0 Å². The molecule has 1 aliphatic rings. The van der Waals surface area contributed by atoms with Crippen LogP contribution in [0.15, 0.2) is 48.5 Å². The van der Waals surface area contributed by atoms with Crippen LogP contribution in [0.1, 0.15) is 0 Å².